The molecule has 7 heteroatoms. The molecule has 2 fully saturated rings. The molecule has 0 aliphatic carbocycles. The van der Waals surface area contributed by atoms with Crippen LogP contribution in [-0.2, 0) is 6.54 Å². The third-order valence-electron chi connectivity index (χ3n) is 5.50. The van der Waals surface area contributed by atoms with E-state index in [1.54, 1.807) is 18.2 Å². The van der Waals surface area contributed by atoms with Gasteiger partial charge in [0.15, 0.2) is 0 Å². The van der Waals surface area contributed by atoms with E-state index in [1.807, 2.05) is 0 Å². The SMILES string of the molecule is COc1ccc(CN2CC[C@H](c3cc(=O)[nH]c(N4CCCC4)n3)C2)c(F)c1. The molecular weight excluding hydrogens is 347 g/mol. The second-order valence-electron chi connectivity index (χ2n) is 7.37. The van der Waals surface area contributed by atoms with Crippen molar-refractivity contribution in [1.29, 1.82) is 0 Å². The highest BCUT2D eigenvalue weighted by Crippen LogP contribution is 2.28. The van der Waals surface area contributed by atoms with Crippen molar-refractivity contribution >= 4 is 5.95 Å². The summed E-state index contributed by atoms with van der Waals surface area (Å²) in [6, 6.07) is 6.59. The fourth-order valence-electron chi connectivity index (χ4n) is 3.99. The molecule has 1 N–H and O–H groups in total. The van der Waals surface area contributed by atoms with Crippen molar-refractivity contribution in [1.82, 2.24) is 14.9 Å². The molecule has 6 nitrogen and oxygen atoms in total. The minimum absolute atomic E-state index is 0.0958. The lowest BCUT2D eigenvalue weighted by Gasteiger charge is -2.19. The normalized spacial score (nSPS) is 20.4. The number of hydrogen-bond donors (Lipinski definition) is 1. The maximum atomic E-state index is 14.2. The Morgan fingerprint density at radius 2 is 2.07 bits per heavy atom. The third-order valence-corrected chi connectivity index (χ3v) is 5.50. The number of nitrogens with one attached hydrogen (secondary N) is 1. The van der Waals surface area contributed by atoms with Crippen LogP contribution in [0.5, 0.6) is 5.75 Å². The van der Waals surface area contributed by atoms with E-state index >= 15 is 0 Å². The number of nitrogens with zero attached hydrogens (tertiary/aromatic N) is 3. The summed E-state index contributed by atoms with van der Waals surface area (Å²) >= 11 is 0. The summed E-state index contributed by atoms with van der Waals surface area (Å²) in [5, 5.41) is 0. The number of benzene rings is 1. The number of likely N-dealkylation sites (tertiary alicyclic amines) is 1. The monoisotopic (exact) mass is 372 g/mol. The fraction of sp³-hybridized carbons (Fsp3) is 0.500. The van der Waals surface area contributed by atoms with Crippen LogP contribution in [0.4, 0.5) is 10.3 Å². The van der Waals surface area contributed by atoms with Gasteiger partial charge in [-0.05, 0) is 31.9 Å². The number of aromatic nitrogens is 2. The van der Waals surface area contributed by atoms with Gasteiger partial charge in [-0.3, -0.25) is 14.7 Å². The van der Waals surface area contributed by atoms with Crippen molar-refractivity contribution < 1.29 is 9.13 Å². The molecule has 1 aromatic heterocycles. The van der Waals surface area contributed by atoms with Crippen LogP contribution < -0.4 is 15.2 Å². The van der Waals surface area contributed by atoms with Gasteiger partial charge in [0, 0.05) is 49.8 Å². The van der Waals surface area contributed by atoms with Gasteiger partial charge in [0.05, 0.1) is 12.8 Å². The smallest absolute Gasteiger partial charge is 0.252 e. The Balaban J connectivity index is 1.46. The molecule has 2 aliphatic rings. The van der Waals surface area contributed by atoms with Gasteiger partial charge in [-0.1, -0.05) is 6.07 Å². The van der Waals surface area contributed by atoms with Gasteiger partial charge in [0.2, 0.25) is 5.95 Å². The second-order valence-corrected chi connectivity index (χ2v) is 7.37. The Labute approximate surface area is 158 Å². The molecule has 144 valence electrons. The van der Waals surface area contributed by atoms with Crippen LogP contribution in [0.15, 0.2) is 29.1 Å². The first-order valence-electron chi connectivity index (χ1n) is 9.53. The largest absolute Gasteiger partial charge is 0.497 e. The maximum Gasteiger partial charge on any atom is 0.252 e. The predicted molar refractivity (Wildman–Crippen MR) is 102 cm³/mol. The molecule has 1 aromatic carbocycles. The van der Waals surface area contributed by atoms with Crippen LogP contribution in [0.25, 0.3) is 0 Å². The molecule has 0 spiro atoms. The van der Waals surface area contributed by atoms with E-state index in [2.05, 4.69) is 14.8 Å². The van der Waals surface area contributed by atoms with Gasteiger partial charge in [-0.2, -0.15) is 0 Å². The minimum atomic E-state index is -0.247. The van der Waals surface area contributed by atoms with E-state index in [-0.39, 0.29) is 17.3 Å². The Hall–Kier alpha value is -2.41. The third kappa shape index (κ3) is 3.98. The van der Waals surface area contributed by atoms with E-state index in [1.165, 1.54) is 13.2 Å². The quantitative estimate of drug-likeness (QED) is 0.874. The Morgan fingerprint density at radius 3 is 2.81 bits per heavy atom. The number of methoxy groups -OCH3 is 1. The number of ether oxygens (including phenoxy) is 1. The summed E-state index contributed by atoms with van der Waals surface area (Å²) in [5.41, 5.74) is 1.41. The average molecular weight is 372 g/mol. The molecule has 0 unspecified atom stereocenters. The fourth-order valence-corrected chi connectivity index (χ4v) is 3.99. The molecule has 0 amide bonds. The van der Waals surface area contributed by atoms with Crippen LogP contribution in [-0.4, -0.2) is 48.2 Å². The number of halogens is 1. The van der Waals surface area contributed by atoms with Crippen molar-refractivity contribution in [3.63, 3.8) is 0 Å². The molecule has 0 saturated carbocycles. The van der Waals surface area contributed by atoms with Crippen molar-refractivity contribution in [3.05, 3.63) is 51.7 Å². The number of hydrogen-bond acceptors (Lipinski definition) is 5. The summed E-state index contributed by atoms with van der Waals surface area (Å²) < 4.78 is 19.3. The van der Waals surface area contributed by atoms with Gasteiger partial charge < -0.3 is 9.64 Å². The first-order valence-corrected chi connectivity index (χ1v) is 9.53. The Bertz CT molecular complexity index is 863. The van der Waals surface area contributed by atoms with Crippen molar-refractivity contribution in [2.45, 2.75) is 31.7 Å². The molecule has 2 saturated heterocycles. The molecule has 3 heterocycles. The highest BCUT2D eigenvalue weighted by molar-refractivity contribution is 5.33. The zero-order valence-electron chi connectivity index (χ0n) is 15.6. The number of H-pyrrole nitrogens is 1. The van der Waals surface area contributed by atoms with E-state index in [0.29, 0.717) is 23.8 Å². The molecular formula is C20H25FN4O2. The topological polar surface area (TPSA) is 61.5 Å². The predicted octanol–water partition coefficient (Wildman–Crippen LogP) is 2.51. The highest BCUT2D eigenvalue weighted by Gasteiger charge is 2.27. The highest BCUT2D eigenvalue weighted by atomic mass is 19.1. The first-order chi connectivity index (χ1) is 13.1. The number of aromatic amines is 1. The van der Waals surface area contributed by atoms with Crippen molar-refractivity contribution in [3.8, 4) is 5.75 Å². The number of rotatable bonds is 5. The zero-order valence-corrected chi connectivity index (χ0v) is 15.6. The Kier molecular flexibility index (Phi) is 5.11. The summed E-state index contributed by atoms with van der Waals surface area (Å²) in [7, 11) is 1.53. The van der Waals surface area contributed by atoms with Crippen molar-refractivity contribution in [2.75, 3.05) is 38.2 Å². The summed E-state index contributed by atoms with van der Waals surface area (Å²) in [4.78, 5) is 24.1. The summed E-state index contributed by atoms with van der Waals surface area (Å²) in [6.45, 7) is 4.08. The maximum absolute atomic E-state index is 14.2. The van der Waals surface area contributed by atoms with Crippen LogP contribution in [0.2, 0.25) is 0 Å². The molecule has 1 atom stereocenters. The van der Waals surface area contributed by atoms with Gasteiger partial charge in [-0.15, -0.1) is 0 Å². The van der Waals surface area contributed by atoms with Crippen LogP contribution in [0, 0.1) is 5.82 Å². The molecule has 2 aromatic rings. The van der Waals surface area contributed by atoms with Crippen LogP contribution in [0.3, 0.4) is 0 Å². The summed E-state index contributed by atoms with van der Waals surface area (Å²) in [5.74, 6) is 1.17. The van der Waals surface area contributed by atoms with Crippen LogP contribution in [0.1, 0.15) is 36.4 Å². The second kappa shape index (κ2) is 7.68. The zero-order chi connectivity index (χ0) is 18.8. The minimum Gasteiger partial charge on any atom is -0.497 e. The van der Waals surface area contributed by atoms with Gasteiger partial charge in [0.1, 0.15) is 11.6 Å². The van der Waals surface area contributed by atoms with Gasteiger partial charge in [0.25, 0.3) is 5.56 Å². The van der Waals surface area contributed by atoms with E-state index in [4.69, 9.17) is 9.72 Å². The lowest BCUT2D eigenvalue weighted by molar-refractivity contribution is 0.320. The molecule has 4 rings (SSSR count). The average Bonchev–Trinajstić information content (AvgIpc) is 3.35. The number of anilines is 1. The molecule has 27 heavy (non-hydrogen) atoms. The van der Waals surface area contributed by atoms with E-state index in [0.717, 1.165) is 51.1 Å². The standard InChI is InChI=1S/C20H25FN4O2/c1-27-16-5-4-14(17(21)10-16)12-24-9-6-15(13-24)18-11-19(26)23-20(22-18)25-7-2-3-8-25/h4-5,10-11,15H,2-3,6-9,12-13H2,1H3,(H,22,23,26)/t15-/m0/s1. The van der Waals surface area contributed by atoms with Crippen molar-refractivity contribution in [2.24, 2.45) is 0 Å². The van der Waals surface area contributed by atoms with Crippen LogP contribution >= 0.6 is 0 Å². The molecule has 2 aliphatic heterocycles. The molecule has 0 bridgehead atoms. The van der Waals surface area contributed by atoms with E-state index in [9.17, 15) is 9.18 Å². The van der Waals surface area contributed by atoms with E-state index < -0.39 is 0 Å². The van der Waals surface area contributed by atoms with Gasteiger partial charge in [-0.25, -0.2) is 9.37 Å². The Morgan fingerprint density at radius 1 is 1.26 bits per heavy atom. The molecule has 0 radical (unpaired) electrons. The lowest BCUT2D eigenvalue weighted by atomic mass is 10.0. The summed E-state index contributed by atoms with van der Waals surface area (Å²) in [6.07, 6.45) is 3.20. The van der Waals surface area contributed by atoms with Gasteiger partial charge >= 0.3 is 0 Å². The lowest BCUT2D eigenvalue weighted by Crippen LogP contribution is -2.25. The first kappa shape index (κ1) is 18.0.